The Bertz CT molecular complexity index is 2190. The smallest absolute Gasteiger partial charge is 0.266 e. The van der Waals surface area contributed by atoms with Gasteiger partial charge in [0, 0.05) is 0 Å². The van der Waals surface area contributed by atoms with E-state index in [4.69, 9.17) is 0 Å². The minimum absolute atomic E-state index is 0.204. The summed E-state index contributed by atoms with van der Waals surface area (Å²) in [6.45, 7) is 6.46. The van der Waals surface area contributed by atoms with Crippen LogP contribution in [0, 0.1) is 6.92 Å². The molecule has 1 heterocycles. The van der Waals surface area contributed by atoms with E-state index in [1.165, 1.54) is 48.0 Å². The number of aromatic nitrogens is 1. The first kappa shape index (κ1) is 23.6. The van der Waals surface area contributed by atoms with Gasteiger partial charge in [-0.15, -0.1) is 0 Å². The molecule has 0 unspecified atom stereocenters. The lowest BCUT2D eigenvalue weighted by atomic mass is 9.90. The SMILES string of the molecule is CCCCc1cc2c3c(=O)n(-c4ccc(C)cc4)c(=O)c3c3cc(CCCC)c4ccc5ccc1c1c5c4c3c21. The monoisotopic (exact) mass is 521 g/mol. The molecule has 0 bridgehead atoms. The second-order valence-corrected chi connectivity index (χ2v) is 11.7. The molecule has 0 fully saturated rings. The number of fused-ring (bicyclic) bond motifs is 3. The number of hydrogen-bond acceptors (Lipinski definition) is 2. The maximum atomic E-state index is 14.3. The summed E-state index contributed by atoms with van der Waals surface area (Å²) in [6, 6.07) is 21.3. The first-order valence-corrected chi connectivity index (χ1v) is 14.7. The number of nitrogens with zero attached hydrogens (tertiary/aromatic N) is 1. The zero-order valence-electron chi connectivity index (χ0n) is 23.3. The fourth-order valence-electron chi connectivity index (χ4n) is 7.41. The molecule has 0 atom stereocenters. The maximum Gasteiger partial charge on any atom is 0.266 e. The third-order valence-electron chi connectivity index (χ3n) is 9.32. The van der Waals surface area contributed by atoms with Gasteiger partial charge in [-0.3, -0.25) is 9.59 Å². The van der Waals surface area contributed by atoms with Crippen molar-refractivity contribution in [3.8, 4) is 5.69 Å². The molecule has 0 aliphatic heterocycles. The lowest BCUT2D eigenvalue weighted by molar-refractivity contribution is 0.799. The summed E-state index contributed by atoms with van der Waals surface area (Å²) in [5.41, 5.74) is 3.88. The van der Waals surface area contributed by atoms with Gasteiger partial charge in [-0.2, -0.15) is 0 Å². The van der Waals surface area contributed by atoms with E-state index < -0.39 is 0 Å². The van der Waals surface area contributed by atoms with E-state index >= 15 is 0 Å². The highest BCUT2D eigenvalue weighted by molar-refractivity contribution is 6.48. The fraction of sp³-hybridized carbons (Fsp3) is 0.243. The van der Waals surface area contributed by atoms with Gasteiger partial charge >= 0.3 is 0 Å². The number of hydrogen-bond donors (Lipinski definition) is 0. The topological polar surface area (TPSA) is 39.1 Å². The first-order chi connectivity index (χ1) is 19.5. The molecular formula is C37H31NO2. The Morgan fingerprint density at radius 2 is 1.02 bits per heavy atom. The van der Waals surface area contributed by atoms with Crippen molar-refractivity contribution in [3.05, 3.63) is 98.1 Å². The van der Waals surface area contributed by atoms with Gasteiger partial charge in [0.05, 0.1) is 16.5 Å². The fourth-order valence-corrected chi connectivity index (χ4v) is 7.41. The van der Waals surface area contributed by atoms with Crippen molar-refractivity contribution in [2.75, 3.05) is 0 Å². The van der Waals surface area contributed by atoms with Crippen LogP contribution in [-0.4, -0.2) is 4.57 Å². The summed E-state index contributed by atoms with van der Waals surface area (Å²) in [5, 5.41) is 13.0. The van der Waals surface area contributed by atoms with Gasteiger partial charge < -0.3 is 0 Å². The van der Waals surface area contributed by atoms with Crippen LogP contribution in [0.4, 0.5) is 0 Å². The molecule has 0 radical (unpaired) electrons. The highest BCUT2D eigenvalue weighted by atomic mass is 16.2. The molecule has 0 N–H and O–H groups in total. The van der Waals surface area contributed by atoms with Crippen LogP contribution in [0.3, 0.4) is 0 Å². The highest BCUT2D eigenvalue weighted by Crippen LogP contribution is 2.51. The van der Waals surface area contributed by atoms with Gasteiger partial charge in [0.1, 0.15) is 0 Å². The van der Waals surface area contributed by atoms with Crippen molar-refractivity contribution in [3.63, 3.8) is 0 Å². The van der Waals surface area contributed by atoms with Gasteiger partial charge in [-0.05, 0) is 122 Å². The Balaban J connectivity index is 1.66. The van der Waals surface area contributed by atoms with Gasteiger partial charge in [0.2, 0.25) is 0 Å². The van der Waals surface area contributed by atoms with Crippen LogP contribution in [-0.2, 0) is 12.8 Å². The summed E-state index contributed by atoms with van der Waals surface area (Å²) in [4.78, 5) is 28.6. The zero-order chi connectivity index (χ0) is 27.3. The molecule has 196 valence electrons. The van der Waals surface area contributed by atoms with Crippen molar-refractivity contribution in [1.82, 2.24) is 4.57 Å². The third kappa shape index (κ3) is 2.90. The molecule has 40 heavy (non-hydrogen) atoms. The standard InChI is InChI=1S/C37H31NO2/c1-4-6-8-22-18-27-32-30-25(22)16-12-21-13-17-26-23(9-7-5-2)19-28(33(32)31(26)29(21)30)35-34(27)36(39)38(37(35)40)24-14-10-20(3)11-15-24/h10-19H,4-9H2,1-3H3. The lowest BCUT2D eigenvalue weighted by Crippen LogP contribution is -2.23. The molecule has 8 aromatic rings. The molecule has 0 saturated carbocycles. The minimum atomic E-state index is -0.204. The molecule has 0 aliphatic carbocycles. The molecule has 3 heteroatoms. The second-order valence-electron chi connectivity index (χ2n) is 11.7. The van der Waals surface area contributed by atoms with Gasteiger partial charge in [-0.1, -0.05) is 68.7 Å². The van der Waals surface area contributed by atoms with Crippen LogP contribution in [0.25, 0.3) is 70.3 Å². The van der Waals surface area contributed by atoms with E-state index in [2.05, 4.69) is 50.2 Å². The summed E-state index contributed by atoms with van der Waals surface area (Å²) in [7, 11) is 0. The van der Waals surface area contributed by atoms with Crippen LogP contribution < -0.4 is 11.1 Å². The average molecular weight is 522 g/mol. The van der Waals surface area contributed by atoms with Crippen molar-refractivity contribution in [2.24, 2.45) is 0 Å². The Morgan fingerprint density at radius 3 is 1.50 bits per heavy atom. The predicted octanol–water partition coefficient (Wildman–Crippen LogP) is 8.86. The van der Waals surface area contributed by atoms with E-state index in [1.807, 2.05) is 31.2 Å². The minimum Gasteiger partial charge on any atom is -0.268 e. The van der Waals surface area contributed by atoms with Gasteiger partial charge in [0.25, 0.3) is 11.1 Å². The Morgan fingerprint density at radius 1 is 0.550 bits per heavy atom. The third-order valence-corrected chi connectivity index (χ3v) is 9.32. The van der Waals surface area contributed by atoms with Crippen LogP contribution >= 0.6 is 0 Å². The van der Waals surface area contributed by atoms with E-state index in [-0.39, 0.29) is 11.1 Å². The van der Waals surface area contributed by atoms with Crippen LogP contribution in [0.1, 0.15) is 56.2 Å². The summed E-state index contributed by atoms with van der Waals surface area (Å²) in [6.07, 6.45) is 6.30. The Kier molecular flexibility index (Phi) is 4.95. The molecule has 1 aromatic heterocycles. The number of rotatable bonds is 7. The molecule has 0 amide bonds. The quantitative estimate of drug-likeness (QED) is 0.197. The molecule has 0 aliphatic rings. The Hall–Kier alpha value is -4.24. The van der Waals surface area contributed by atoms with Crippen LogP contribution in [0.2, 0.25) is 0 Å². The molecular weight excluding hydrogens is 490 g/mol. The largest absolute Gasteiger partial charge is 0.268 e. The lowest BCUT2D eigenvalue weighted by Gasteiger charge is -2.12. The summed E-state index contributed by atoms with van der Waals surface area (Å²) >= 11 is 0. The molecule has 0 saturated heterocycles. The zero-order valence-corrected chi connectivity index (χ0v) is 23.3. The van der Waals surface area contributed by atoms with Gasteiger partial charge in [0.15, 0.2) is 0 Å². The van der Waals surface area contributed by atoms with Gasteiger partial charge in [-0.25, -0.2) is 4.57 Å². The molecule has 8 rings (SSSR count). The second kappa shape index (κ2) is 8.38. The van der Waals surface area contributed by atoms with Crippen LogP contribution in [0.15, 0.2) is 70.3 Å². The van der Waals surface area contributed by atoms with E-state index in [1.54, 1.807) is 0 Å². The molecule has 7 aromatic carbocycles. The number of unbranched alkanes of at least 4 members (excludes halogenated alkanes) is 2. The number of benzene rings is 6. The summed E-state index contributed by atoms with van der Waals surface area (Å²) < 4.78 is 1.41. The van der Waals surface area contributed by atoms with E-state index in [9.17, 15) is 9.59 Å². The van der Waals surface area contributed by atoms with Crippen molar-refractivity contribution < 1.29 is 0 Å². The molecule has 3 nitrogen and oxygen atoms in total. The van der Waals surface area contributed by atoms with E-state index in [0.717, 1.165) is 65.6 Å². The predicted molar refractivity (Wildman–Crippen MR) is 170 cm³/mol. The van der Waals surface area contributed by atoms with E-state index in [0.29, 0.717) is 16.5 Å². The average Bonchev–Trinajstić information content (AvgIpc) is 3.46. The van der Waals surface area contributed by atoms with Crippen molar-refractivity contribution in [1.29, 1.82) is 0 Å². The maximum absolute atomic E-state index is 14.3. The normalized spacial score (nSPS) is 12.7. The number of aryl methyl sites for hydroxylation is 3. The van der Waals surface area contributed by atoms with Crippen LogP contribution in [0.5, 0.6) is 0 Å². The first-order valence-electron chi connectivity index (χ1n) is 14.7. The summed E-state index contributed by atoms with van der Waals surface area (Å²) in [5.74, 6) is 0. The molecule has 0 spiro atoms. The van der Waals surface area contributed by atoms with Crippen molar-refractivity contribution in [2.45, 2.75) is 59.3 Å². The Labute approximate surface area is 232 Å². The van der Waals surface area contributed by atoms with Crippen molar-refractivity contribution >= 4 is 64.6 Å². The highest BCUT2D eigenvalue weighted by Gasteiger charge is 2.28.